The van der Waals surface area contributed by atoms with Crippen molar-refractivity contribution in [1.82, 2.24) is 14.7 Å². The van der Waals surface area contributed by atoms with Gasteiger partial charge in [-0.05, 0) is 56.7 Å². The molecule has 0 radical (unpaired) electrons. The highest BCUT2D eigenvalue weighted by Gasteiger charge is 2.19. The van der Waals surface area contributed by atoms with Gasteiger partial charge >= 0.3 is 0 Å². The monoisotopic (exact) mass is 249 g/mol. The van der Waals surface area contributed by atoms with Crippen LogP contribution in [0.25, 0.3) is 0 Å². The number of rotatable bonds is 6. The maximum atomic E-state index is 4.32. The fraction of sp³-hybridized carbons (Fsp3) is 0.800. The first-order valence-electron chi connectivity index (χ1n) is 7.44. The van der Waals surface area contributed by atoms with Crippen LogP contribution in [0.3, 0.4) is 0 Å². The van der Waals surface area contributed by atoms with Gasteiger partial charge in [0.15, 0.2) is 0 Å². The minimum atomic E-state index is 0.790. The highest BCUT2D eigenvalue weighted by Crippen LogP contribution is 2.18. The fourth-order valence-corrected chi connectivity index (χ4v) is 2.90. The molecule has 2 rings (SSSR count). The SMILES string of the molecule is CC(C)CCCN1CCCC(Cn2cccn2)C1. The highest BCUT2D eigenvalue weighted by molar-refractivity contribution is 4.80. The molecule has 0 bridgehead atoms. The van der Waals surface area contributed by atoms with Gasteiger partial charge in [-0.25, -0.2) is 0 Å². The van der Waals surface area contributed by atoms with Crippen LogP contribution in [0.5, 0.6) is 0 Å². The third kappa shape index (κ3) is 4.45. The van der Waals surface area contributed by atoms with Crippen LogP contribution >= 0.6 is 0 Å². The lowest BCUT2D eigenvalue weighted by molar-refractivity contribution is 0.156. The Kier molecular flexibility index (Phi) is 5.24. The maximum Gasteiger partial charge on any atom is 0.0489 e. The molecule has 1 aromatic rings. The molecular weight excluding hydrogens is 222 g/mol. The van der Waals surface area contributed by atoms with Gasteiger partial charge < -0.3 is 4.90 Å². The summed E-state index contributed by atoms with van der Waals surface area (Å²) in [5.41, 5.74) is 0. The molecule has 3 nitrogen and oxygen atoms in total. The normalized spacial score (nSPS) is 21.6. The van der Waals surface area contributed by atoms with Crippen LogP contribution in [0.1, 0.15) is 39.5 Å². The van der Waals surface area contributed by atoms with Crippen molar-refractivity contribution >= 4 is 0 Å². The van der Waals surface area contributed by atoms with Crippen molar-refractivity contribution in [3.63, 3.8) is 0 Å². The Bertz CT molecular complexity index is 318. The van der Waals surface area contributed by atoms with Crippen molar-refractivity contribution in [2.24, 2.45) is 11.8 Å². The molecule has 1 aliphatic rings. The van der Waals surface area contributed by atoms with Crippen molar-refractivity contribution in [3.8, 4) is 0 Å². The van der Waals surface area contributed by atoms with Gasteiger partial charge in [0.1, 0.15) is 0 Å². The van der Waals surface area contributed by atoms with Crippen LogP contribution in [-0.4, -0.2) is 34.3 Å². The van der Waals surface area contributed by atoms with Crippen molar-refractivity contribution in [2.45, 2.75) is 46.1 Å². The first-order valence-corrected chi connectivity index (χ1v) is 7.44. The molecule has 3 heteroatoms. The Balaban J connectivity index is 1.71. The first-order chi connectivity index (χ1) is 8.74. The predicted octanol–water partition coefficient (Wildman–Crippen LogP) is 3.03. The zero-order valence-corrected chi connectivity index (χ0v) is 11.9. The number of hydrogen-bond donors (Lipinski definition) is 0. The predicted molar refractivity (Wildman–Crippen MR) is 75.5 cm³/mol. The van der Waals surface area contributed by atoms with Crippen molar-refractivity contribution in [2.75, 3.05) is 19.6 Å². The molecule has 1 fully saturated rings. The van der Waals surface area contributed by atoms with E-state index in [1.54, 1.807) is 0 Å². The van der Waals surface area contributed by atoms with E-state index in [0.29, 0.717) is 0 Å². The second kappa shape index (κ2) is 6.93. The van der Waals surface area contributed by atoms with Gasteiger partial charge in [0.2, 0.25) is 0 Å². The van der Waals surface area contributed by atoms with E-state index in [4.69, 9.17) is 0 Å². The molecule has 0 saturated carbocycles. The van der Waals surface area contributed by atoms with E-state index in [1.807, 2.05) is 12.3 Å². The van der Waals surface area contributed by atoms with Crippen LogP contribution in [0.2, 0.25) is 0 Å². The Morgan fingerprint density at radius 1 is 1.39 bits per heavy atom. The molecule has 2 heterocycles. The topological polar surface area (TPSA) is 21.1 Å². The Hall–Kier alpha value is -0.830. The number of piperidine rings is 1. The summed E-state index contributed by atoms with van der Waals surface area (Å²) in [7, 11) is 0. The molecule has 1 aromatic heterocycles. The van der Waals surface area contributed by atoms with Gasteiger partial charge in [-0.2, -0.15) is 5.10 Å². The van der Waals surface area contributed by atoms with E-state index in [9.17, 15) is 0 Å². The minimum Gasteiger partial charge on any atom is -0.303 e. The molecule has 1 atom stereocenters. The quantitative estimate of drug-likeness (QED) is 0.772. The van der Waals surface area contributed by atoms with Gasteiger partial charge in [0, 0.05) is 25.5 Å². The molecule has 0 spiro atoms. The number of hydrogen-bond acceptors (Lipinski definition) is 2. The van der Waals surface area contributed by atoms with Crippen LogP contribution < -0.4 is 0 Å². The van der Waals surface area contributed by atoms with Gasteiger partial charge in [0.05, 0.1) is 0 Å². The third-order valence-electron chi connectivity index (χ3n) is 3.86. The zero-order valence-electron chi connectivity index (χ0n) is 11.9. The zero-order chi connectivity index (χ0) is 12.8. The maximum absolute atomic E-state index is 4.32. The lowest BCUT2D eigenvalue weighted by Gasteiger charge is -2.32. The summed E-state index contributed by atoms with van der Waals surface area (Å²) in [5, 5.41) is 4.32. The summed E-state index contributed by atoms with van der Waals surface area (Å²) >= 11 is 0. The van der Waals surface area contributed by atoms with Crippen LogP contribution in [0.15, 0.2) is 18.5 Å². The van der Waals surface area contributed by atoms with Crippen molar-refractivity contribution < 1.29 is 0 Å². The van der Waals surface area contributed by atoms with E-state index >= 15 is 0 Å². The van der Waals surface area contributed by atoms with E-state index in [0.717, 1.165) is 18.4 Å². The largest absolute Gasteiger partial charge is 0.303 e. The van der Waals surface area contributed by atoms with E-state index in [1.165, 1.54) is 45.3 Å². The smallest absolute Gasteiger partial charge is 0.0489 e. The van der Waals surface area contributed by atoms with Gasteiger partial charge in [0.25, 0.3) is 0 Å². The van der Waals surface area contributed by atoms with E-state index < -0.39 is 0 Å². The molecular formula is C15H27N3. The van der Waals surface area contributed by atoms with Crippen molar-refractivity contribution in [1.29, 1.82) is 0 Å². The summed E-state index contributed by atoms with van der Waals surface area (Å²) in [6.07, 6.45) is 9.39. The number of aromatic nitrogens is 2. The lowest BCUT2D eigenvalue weighted by atomic mass is 9.97. The summed E-state index contributed by atoms with van der Waals surface area (Å²) in [5.74, 6) is 1.63. The molecule has 102 valence electrons. The summed E-state index contributed by atoms with van der Waals surface area (Å²) in [6, 6.07) is 2.02. The van der Waals surface area contributed by atoms with Crippen LogP contribution in [0.4, 0.5) is 0 Å². The molecule has 1 unspecified atom stereocenters. The summed E-state index contributed by atoms with van der Waals surface area (Å²) < 4.78 is 2.09. The summed E-state index contributed by atoms with van der Waals surface area (Å²) in [4.78, 5) is 2.65. The van der Waals surface area contributed by atoms with Crippen LogP contribution in [-0.2, 0) is 6.54 Å². The van der Waals surface area contributed by atoms with Crippen LogP contribution in [0, 0.1) is 11.8 Å². The molecule has 0 aliphatic carbocycles. The van der Waals surface area contributed by atoms with Crippen molar-refractivity contribution in [3.05, 3.63) is 18.5 Å². The average Bonchev–Trinajstić information content (AvgIpc) is 2.82. The standard InChI is InChI=1S/C15H27N3/c1-14(2)6-3-9-17-10-4-7-15(12-17)13-18-11-5-8-16-18/h5,8,11,14-15H,3-4,6-7,9-10,12-13H2,1-2H3. The number of nitrogens with zero attached hydrogens (tertiary/aromatic N) is 3. The molecule has 1 aliphatic heterocycles. The molecule has 0 amide bonds. The van der Waals surface area contributed by atoms with E-state index in [-0.39, 0.29) is 0 Å². The summed E-state index contributed by atoms with van der Waals surface area (Å²) in [6.45, 7) is 9.57. The lowest BCUT2D eigenvalue weighted by Crippen LogP contribution is -2.37. The Morgan fingerprint density at radius 2 is 2.28 bits per heavy atom. The Labute approximate surface area is 111 Å². The average molecular weight is 249 g/mol. The third-order valence-corrected chi connectivity index (χ3v) is 3.86. The first kappa shape index (κ1) is 13.6. The van der Waals surface area contributed by atoms with Gasteiger partial charge in [-0.15, -0.1) is 0 Å². The van der Waals surface area contributed by atoms with Gasteiger partial charge in [-0.1, -0.05) is 13.8 Å². The fourth-order valence-electron chi connectivity index (χ4n) is 2.90. The minimum absolute atomic E-state index is 0.790. The highest BCUT2D eigenvalue weighted by atomic mass is 15.3. The second-order valence-corrected chi connectivity index (χ2v) is 6.07. The second-order valence-electron chi connectivity index (χ2n) is 6.07. The van der Waals surface area contributed by atoms with Gasteiger partial charge in [-0.3, -0.25) is 4.68 Å². The molecule has 1 saturated heterocycles. The molecule has 0 N–H and O–H groups in total. The van der Waals surface area contributed by atoms with E-state index in [2.05, 4.69) is 34.7 Å². The molecule has 0 aromatic carbocycles. The molecule has 18 heavy (non-hydrogen) atoms. The Morgan fingerprint density at radius 3 is 3.00 bits per heavy atom. The number of likely N-dealkylation sites (tertiary alicyclic amines) is 1.